The van der Waals surface area contributed by atoms with Crippen LogP contribution in [0.15, 0.2) is 5.38 Å². The molecule has 0 saturated carbocycles. The number of hydrogen-bond acceptors (Lipinski definition) is 4. The highest BCUT2D eigenvalue weighted by molar-refractivity contribution is 7.09. The van der Waals surface area contributed by atoms with Crippen LogP contribution in [-0.4, -0.2) is 30.6 Å². The summed E-state index contributed by atoms with van der Waals surface area (Å²) in [6.45, 7) is 7.84. The van der Waals surface area contributed by atoms with Crippen molar-refractivity contribution in [3.05, 3.63) is 16.1 Å². The van der Waals surface area contributed by atoms with Crippen LogP contribution in [0.3, 0.4) is 0 Å². The number of nitrogens with one attached hydrogen (secondary N) is 1. The summed E-state index contributed by atoms with van der Waals surface area (Å²) in [4.78, 5) is 16.4. The highest BCUT2D eigenvalue weighted by Gasteiger charge is 2.08. The molecule has 0 aliphatic carbocycles. The molecule has 1 N–H and O–H groups in total. The van der Waals surface area contributed by atoms with Crippen molar-refractivity contribution in [1.29, 1.82) is 0 Å². The summed E-state index contributed by atoms with van der Waals surface area (Å²) < 4.78 is 0. The Labute approximate surface area is 113 Å². The van der Waals surface area contributed by atoms with Crippen LogP contribution >= 0.6 is 11.3 Å². The smallest absolute Gasteiger partial charge is 0.0984 e. The van der Waals surface area contributed by atoms with E-state index in [-0.39, 0.29) is 6.42 Å². The molecular weight excluding hydrogens is 248 g/mol. The molecule has 0 fully saturated rings. The summed E-state index contributed by atoms with van der Waals surface area (Å²) in [7, 11) is 0. The average Bonchev–Trinajstić information content (AvgIpc) is 2.76. The zero-order valence-corrected chi connectivity index (χ0v) is 12.0. The molecule has 1 aromatic rings. The number of hydrogen-bond donors (Lipinski definition) is 1. The number of aliphatic carboxylic acids is 1. The Hall–Kier alpha value is -0.940. The Morgan fingerprint density at radius 1 is 1.44 bits per heavy atom. The van der Waals surface area contributed by atoms with Crippen molar-refractivity contribution in [3.63, 3.8) is 0 Å². The second-order valence-electron chi connectivity index (χ2n) is 4.49. The number of carbonyl (C=O) groups is 1. The molecule has 1 heterocycles. The number of quaternary nitrogens is 1. The van der Waals surface area contributed by atoms with Crippen molar-refractivity contribution in [1.82, 2.24) is 4.98 Å². The molecule has 0 radical (unpaired) electrons. The minimum atomic E-state index is -1.06. The lowest BCUT2D eigenvalue weighted by molar-refractivity contribution is -0.898. The van der Waals surface area contributed by atoms with Crippen molar-refractivity contribution in [2.45, 2.75) is 39.5 Å². The molecule has 0 bridgehead atoms. The fourth-order valence-electron chi connectivity index (χ4n) is 1.88. The van der Waals surface area contributed by atoms with Crippen LogP contribution in [0.5, 0.6) is 0 Å². The van der Waals surface area contributed by atoms with E-state index in [0.29, 0.717) is 5.69 Å². The molecule has 1 atom stereocenters. The van der Waals surface area contributed by atoms with Crippen LogP contribution in [0.2, 0.25) is 0 Å². The second kappa shape index (κ2) is 8.21. The minimum absolute atomic E-state index is 0.0727. The summed E-state index contributed by atoms with van der Waals surface area (Å²) in [6, 6.07) is 0. The molecule has 0 amide bonds. The lowest BCUT2D eigenvalue weighted by Crippen LogP contribution is -3.12. The summed E-state index contributed by atoms with van der Waals surface area (Å²) in [5, 5.41) is 13.3. The SMILES string of the molecule is CCCC[NH+](CC)CCc1nc(CC(=O)[O-])cs1. The molecule has 1 aromatic heterocycles. The third kappa shape index (κ3) is 5.60. The quantitative estimate of drug-likeness (QED) is 0.669. The van der Waals surface area contributed by atoms with Crippen LogP contribution in [0, 0.1) is 0 Å². The van der Waals surface area contributed by atoms with Crippen molar-refractivity contribution >= 4 is 17.3 Å². The fraction of sp³-hybridized carbons (Fsp3) is 0.692. The maximum Gasteiger partial charge on any atom is 0.0984 e. The number of aromatic nitrogens is 1. The average molecular weight is 270 g/mol. The predicted molar refractivity (Wildman–Crippen MR) is 70.7 cm³/mol. The van der Waals surface area contributed by atoms with Gasteiger partial charge in [-0.25, -0.2) is 4.98 Å². The van der Waals surface area contributed by atoms with E-state index < -0.39 is 5.97 Å². The van der Waals surface area contributed by atoms with Gasteiger partial charge in [0.1, 0.15) is 0 Å². The molecule has 0 aliphatic heterocycles. The van der Waals surface area contributed by atoms with Gasteiger partial charge in [0.25, 0.3) is 0 Å². The van der Waals surface area contributed by atoms with E-state index >= 15 is 0 Å². The zero-order chi connectivity index (χ0) is 13.4. The van der Waals surface area contributed by atoms with Gasteiger partial charge < -0.3 is 14.8 Å². The first-order chi connectivity index (χ1) is 8.65. The summed E-state index contributed by atoms with van der Waals surface area (Å²) in [6.07, 6.45) is 3.36. The number of carbonyl (C=O) groups excluding carboxylic acids is 1. The van der Waals surface area contributed by atoms with Gasteiger partial charge >= 0.3 is 0 Å². The Bertz CT molecular complexity index is 366. The van der Waals surface area contributed by atoms with Gasteiger partial charge in [0.2, 0.25) is 0 Å². The topological polar surface area (TPSA) is 57.5 Å². The van der Waals surface area contributed by atoms with E-state index in [2.05, 4.69) is 18.8 Å². The normalized spacial score (nSPS) is 12.6. The van der Waals surface area contributed by atoms with E-state index in [1.165, 1.54) is 19.4 Å². The molecule has 0 aromatic carbocycles. The van der Waals surface area contributed by atoms with E-state index in [4.69, 9.17) is 0 Å². The van der Waals surface area contributed by atoms with Crippen LogP contribution in [-0.2, 0) is 17.6 Å². The van der Waals surface area contributed by atoms with Gasteiger partial charge in [0, 0.05) is 24.2 Å². The largest absolute Gasteiger partial charge is 0.550 e. The first-order valence-electron chi connectivity index (χ1n) is 6.62. The molecule has 0 spiro atoms. The minimum Gasteiger partial charge on any atom is -0.550 e. The first kappa shape index (κ1) is 15.1. The van der Waals surface area contributed by atoms with Crippen LogP contribution in [0.1, 0.15) is 37.4 Å². The van der Waals surface area contributed by atoms with Crippen LogP contribution in [0.4, 0.5) is 0 Å². The number of unbranched alkanes of at least 4 members (excludes halogenated alkanes) is 1. The Morgan fingerprint density at radius 2 is 2.22 bits per heavy atom. The molecule has 1 rings (SSSR count). The van der Waals surface area contributed by atoms with Crippen molar-refractivity contribution in [3.8, 4) is 0 Å². The Balaban J connectivity index is 2.37. The van der Waals surface area contributed by atoms with Crippen LogP contribution in [0.25, 0.3) is 0 Å². The number of likely N-dealkylation sites (N-methyl/N-ethyl adjacent to an activating group) is 1. The summed E-state index contributed by atoms with van der Waals surface area (Å²) in [5.41, 5.74) is 0.626. The zero-order valence-electron chi connectivity index (χ0n) is 11.2. The number of carboxylic acid groups (broad SMARTS) is 1. The number of thiazole rings is 1. The Morgan fingerprint density at radius 3 is 2.83 bits per heavy atom. The highest BCUT2D eigenvalue weighted by Crippen LogP contribution is 2.10. The fourth-order valence-corrected chi connectivity index (χ4v) is 2.68. The second-order valence-corrected chi connectivity index (χ2v) is 5.43. The van der Waals surface area contributed by atoms with E-state index in [1.807, 2.05) is 5.38 Å². The molecular formula is C13H22N2O2S. The third-order valence-corrected chi connectivity index (χ3v) is 3.96. The Kier molecular flexibility index (Phi) is 6.90. The molecule has 102 valence electrons. The molecule has 5 heteroatoms. The molecule has 0 saturated heterocycles. The lowest BCUT2D eigenvalue weighted by Gasteiger charge is -2.16. The van der Waals surface area contributed by atoms with E-state index in [1.54, 1.807) is 16.2 Å². The van der Waals surface area contributed by atoms with Gasteiger partial charge in [0.05, 0.1) is 30.3 Å². The lowest BCUT2D eigenvalue weighted by atomic mass is 10.3. The maximum absolute atomic E-state index is 10.5. The first-order valence-corrected chi connectivity index (χ1v) is 7.50. The highest BCUT2D eigenvalue weighted by atomic mass is 32.1. The summed E-state index contributed by atoms with van der Waals surface area (Å²) in [5.74, 6) is -1.06. The molecule has 4 nitrogen and oxygen atoms in total. The van der Waals surface area contributed by atoms with E-state index in [9.17, 15) is 9.90 Å². The van der Waals surface area contributed by atoms with Gasteiger partial charge in [0.15, 0.2) is 0 Å². The standard InChI is InChI=1S/C13H22N2O2S/c1-3-5-7-15(4-2)8-6-12-14-11(10-18-12)9-13(16)17/h10H,3-9H2,1-2H3,(H,16,17). The van der Waals surface area contributed by atoms with Crippen molar-refractivity contribution in [2.24, 2.45) is 0 Å². The maximum atomic E-state index is 10.5. The summed E-state index contributed by atoms with van der Waals surface area (Å²) >= 11 is 1.55. The molecule has 0 aliphatic rings. The van der Waals surface area contributed by atoms with Gasteiger partial charge in [-0.3, -0.25) is 0 Å². The van der Waals surface area contributed by atoms with Gasteiger partial charge in [-0.1, -0.05) is 13.3 Å². The van der Waals surface area contributed by atoms with E-state index in [0.717, 1.165) is 24.5 Å². The van der Waals surface area contributed by atoms with Crippen molar-refractivity contribution in [2.75, 3.05) is 19.6 Å². The number of carboxylic acids is 1. The van der Waals surface area contributed by atoms with Gasteiger partial charge in [-0.2, -0.15) is 0 Å². The predicted octanol–water partition coefficient (Wildman–Crippen LogP) is -0.317. The monoisotopic (exact) mass is 270 g/mol. The van der Waals surface area contributed by atoms with Gasteiger partial charge in [-0.15, -0.1) is 11.3 Å². The molecule has 1 unspecified atom stereocenters. The van der Waals surface area contributed by atoms with Gasteiger partial charge in [-0.05, 0) is 13.3 Å². The number of nitrogens with zero attached hydrogens (tertiary/aromatic N) is 1. The van der Waals surface area contributed by atoms with Crippen LogP contribution < -0.4 is 10.0 Å². The molecule has 18 heavy (non-hydrogen) atoms. The third-order valence-electron chi connectivity index (χ3n) is 3.00. The number of rotatable bonds is 9. The van der Waals surface area contributed by atoms with Crippen molar-refractivity contribution < 1.29 is 14.8 Å².